The zero-order valence-corrected chi connectivity index (χ0v) is 20.7. The number of amides is 1. The lowest BCUT2D eigenvalue weighted by Gasteiger charge is -2.38. The van der Waals surface area contributed by atoms with E-state index in [1.807, 2.05) is 25.1 Å². The first kappa shape index (κ1) is 23.1. The number of carbonyl (C=O) groups excluding carboxylic acids is 1. The zero-order valence-electron chi connectivity index (χ0n) is 19.1. The van der Waals surface area contributed by atoms with Crippen LogP contribution in [0.25, 0.3) is 10.9 Å². The molecule has 1 unspecified atom stereocenters. The second-order valence-corrected chi connectivity index (χ2v) is 11.2. The van der Waals surface area contributed by atoms with Crippen LogP contribution in [-0.4, -0.2) is 79.5 Å². The molecule has 0 spiro atoms. The van der Waals surface area contributed by atoms with Crippen LogP contribution in [0.5, 0.6) is 0 Å². The first-order valence-corrected chi connectivity index (χ1v) is 13.1. The number of rotatable bonds is 5. The molecular weight excluding hydrogens is 476 g/mol. The summed E-state index contributed by atoms with van der Waals surface area (Å²) < 4.78 is 28.1. The Kier molecular flexibility index (Phi) is 6.01. The van der Waals surface area contributed by atoms with Crippen LogP contribution < -0.4 is 10.2 Å². The van der Waals surface area contributed by atoms with Gasteiger partial charge in [-0.25, -0.2) is 8.42 Å². The number of halogens is 1. The van der Waals surface area contributed by atoms with Crippen molar-refractivity contribution >= 4 is 49.8 Å². The molecule has 3 aromatic rings. The number of hydrogen-bond donors (Lipinski definition) is 2. The number of hydrogen-bond acceptors (Lipinski definition) is 6. The lowest BCUT2D eigenvalue weighted by atomic mass is 10.1. The summed E-state index contributed by atoms with van der Waals surface area (Å²) in [5.41, 5.74) is 2.74. The van der Waals surface area contributed by atoms with E-state index in [-0.39, 0.29) is 17.3 Å². The van der Waals surface area contributed by atoms with Gasteiger partial charge in [0.05, 0.1) is 22.4 Å². The van der Waals surface area contributed by atoms with E-state index in [0.717, 1.165) is 42.8 Å². The predicted octanol–water partition coefficient (Wildman–Crippen LogP) is 2.68. The van der Waals surface area contributed by atoms with Crippen LogP contribution >= 0.6 is 11.6 Å². The minimum atomic E-state index is -3.88. The van der Waals surface area contributed by atoms with Crippen molar-refractivity contribution in [3.63, 3.8) is 0 Å². The van der Waals surface area contributed by atoms with E-state index in [9.17, 15) is 13.2 Å². The van der Waals surface area contributed by atoms with E-state index < -0.39 is 16.1 Å². The second kappa shape index (κ2) is 8.84. The van der Waals surface area contributed by atoms with E-state index >= 15 is 0 Å². The summed E-state index contributed by atoms with van der Waals surface area (Å²) in [4.78, 5) is 17.6. The van der Waals surface area contributed by atoms with E-state index in [1.54, 1.807) is 18.3 Å². The van der Waals surface area contributed by atoms with Gasteiger partial charge in [0.1, 0.15) is 10.9 Å². The van der Waals surface area contributed by atoms with Gasteiger partial charge in [0.15, 0.2) is 0 Å². The van der Waals surface area contributed by atoms with Gasteiger partial charge in [0, 0.05) is 43.8 Å². The number of likely N-dealkylation sites (N-methyl/N-ethyl adjacent to an activating group) is 1. The van der Waals surface area contributed by atoms with Crippen molar-refractivity contribution in [3.05, 3.63) is 47.1 Å². The number of benzene rings is 2. The third-order valence-electron chi connectivity index (χ3n) is 6.58. The Labute approximate surface area is 203 Å². The number of piperazine rings is 1. The van der Waals surface area contributed by atoms with Crippen LogP contribution in [0, 0.1) is 6.92 Å². The fourth-order valence-electron chi connectivity index (χ4n) is 4.53. The van der Waals surface area contributed by atoms with E-state index in [2.05, 4.69) is 32.4 Å². The summed E-state index contributed by atoms with van der Waals surface area (Å²) in [7, 11) is -1.78. The number of aromatic amines is 1. The molecule has 180 valence electrons. The molecule has 1 amide bonds. The van der Waals surface area contributed by atoms with Gasteiger partial charge < -0.3 is 15.1 Å². The van der Waals surface area contributed by atoms with Crippen LogP contribution in [0.3, 0.4) is 0 Å². The minimum Gasteiger partial charge on any atom is -0.368 e. The van der Waals surface area contributed by atoms with Crippen LogP contribution in [0.4, 0.5) is 11.4 Å². The number of aryl methyl sites for hydroxylation is 1. The molecule has 2 saturated heterocycles. The molecular formula is C23H27ClN6O3S. The molecule has 0 saturated carbocycles. The molecule has 34 heavy (non-hydrogen) atoms. The SMILES string of the molecule is Cc1cc(S(=O)(=O)N2CCC2C(=O)Nc2ccc(N3CCN(C)CC3)c(Cl)c2)c2[nH]ncc2c1. The molecule has 2 N–H and O–H groups in total. The lowest BCUT2D eigenvalue weighted by Crippen LogP contribution is -2.56. The zero-order chi connectivity index (χ0) is 24.0. The van der Waals surface area contributed by atoms with Crippen LogP contribution in [-0.2, 0) is 14.8 Å². The third kappa shape index (κ3) is 4.15. The monoisotopic (exact) mass is 502 g/mol. The lowest BCUT2D eigenvalue weighted by molar-refractivity contribution is -0.122. The topological polar surface area (TPSA) is 102 Å². The van der Waals surface area contributed by atoms with E-state index in [0.29, 0.717) is 22.6 Å². The smallest absolute Gasteiger partial charge is 0.245 e. The summed E-state index contributed by atoms with van der Waals surface area (Å²) in [5.74, 6) is -0.369. The largest absolute Gasteiger partial charge is 0.368 e. The predicted molar refractivity (Wildman–Crippen MR) is 133 cm³/mol. The highest BCUT2D eigenvalue weighted by molar-refractivity contribution is 7.89. The average molecular weight is 503 g/mol. The molecule has 11 heteroatoms. The van der Waals surface area contributed by atoms with Gasteiger partial charge in [0.2, 0.25) is 15.9 Å². The summed E-state index contributed by atoms with van der Waals surface area (Å²) in [6.07, 6.45) is 2.05. The summed E-state index contributed by atoms with van der Waals surface area (Å²) in [6, 6.07) is 8.14. The summed E-state index contributed by atoms with van der Waals surface area (Å²) in [5, 5.41) is 10.9. The molecule has 0 radical (unpaired) electrons. The number of nitrogens with zero attached hydrogens (tertiary/aromatic N) is 4. The van der Waals surface area contributed by atoms with Crippen molar-refractivity contribution in [2.45, 2.75) is 24.3 Å². The highest BCUT2D eigenvalue weighted by Crippen LogP contribution is 2.33. The molecule has 0 bridgehead atoms. The Hall–Kier alpha value is -2.66. The Balaban J connectivity index is 1.32. The van der Waals surface area contributed by atoms with Gasteiger partial charge in [-0.15, -0.1) is 0 Å². The number of sulfonamides is 1. The molecule has 2 fully saturated rings. The summed E-state index contributed by atoms with van der Waals surface area (Å²) in [6.45, 7) is 5.83. The number of nitrogens with one attached hydrogen (secondary N) is 2. The normalized spacial score (nSPS) is 19.9. The fourth-order valence-corrected chi connectivity index (χ4v) is 6.72. The van der Waals surface area contributed by atoms with Crippen molar-refractivity contribution in [3.8, 4) is 0 Å². The first-order chi connectivity index (χ1) is 16.2. The molecule has 3 heterocycles. The molecule has 1 atom stereocenters. The van der Waals surface area contributed by atoms with Crippen LogP contribution in [0.1, 0.15) is 12.0 Å². The maximum atomic E-state index is 13.4. The maximum Gasteiger partial charge on any atom is 0.245 e. The fraction of sp³-hybridized carbons (Fsp3) is 0.391. The molecule has 5 rings (SSSR count). The minimum absolute atomic E-state index is 0.136. The molecule has 0 aliphatic carbocycles. The number of anilines is 2. The number of fused-ring (bicyclic) bond motifs is 1. The first-order valence-electron chi connectivity index (χ1n) is 11.2. The molecule has 2 aliphatic heterocycles. The Morgan fingerprint density at radius 3 is 2.59 bits per heavy atom. The van der Waals surface area contributed by atoms with E-state index in [1.165, 1.54) is 4.31 Å². The van der Waals surface area contributed by atoms with Crippen LogP contribution in [0.2, 0.25) is 5.02 Å². The van der Waals surface area contributed by atoms with Gasteiger partial charge in [-0.3, -0.25) is 9.89 Å². The summed E-state index contributed by atoms with van der Waals surface area (Å²) >= 11 is 6.53. The van der Waals surface area contributed by atoms with Gasteiger partial charge in [0.25, 0.3) is 0 Å². The highest BCUT2D eigenvalue weighted by atomic mass is 35.5. The van der Waals surface area contributed by atoms with Crippen molar-refractivity contribution in [1.82, 2.24) is 19.4 Å². The van der Waals surface area contributed by atoms with Gasteiger partial charge in [-0.2, -0.15) is 9.40 Å². The quantitative estimate of drug-likeness (QED) is 0.556. The molecule has 9 nitrogen and oxygen atoms in total. The van der Waals surface area contributed by atoms with Crippen molar-refractivity contribution in [2.24, 2.45) is 0 Å². The highest BCUT2D eigenvalue weighted by Gasteiger charge is 2.43. The maximum absolute atomic E-state index is 13.4. The van der Waals surface area contributed by atoms with Crippen molar-refractivity contribution in [1.29, 1.82) is 0 Å². The van der Waals surface area contributed by atoms with Crippen molar-refractivity contribution < 1.29 is 13.2 Å². The number of H-pyrrole nitrogens is 1. The second-order valence-electron chi connectivity index (χ2n) is 8.96. The standard InChI is InChI=1S/C23H27ClN6O3S/c1-15-11-16-14-25-27-22(16)21(12-15)34(32,33)30-6-5-20(30)23(31)26-17-3-4-19(18(24)13-17)29-9-7-28(2)8-10-29/h3-4,11-14,20H,5-10H2,1-2H3,(H,25,27)(H,26,31). The number of carbonyl (C=O) groups is 1. The van der Waals surface area contributed by atoms with Crippen LogP contribution in [0.15, 0.2) is 41.4 Å². The Morgan fingerprint density at radius 2 is 1.91 bits per heavy atom. The van der Waals surface area contributed by atoms with Crippen molar-refractivity contribution in [2.75, 3.05) is 50.0 Å². The Bertz CT molecular complexity index is 1350. The third-order valence-corrected chi connectivity index (χ3v) is 8.81. The van der Waals surface area contributed by atoms with E-state index in [4.69, 9.17) is 11.6 Å². The molecule has 2 aromatic carbocycles. The molecule has 2 aliphatic rings. The molecule has 1 aromatic heterocycles. The number of aromatic nitrogens is 2. The average Bonchev–Trinajstić information content (AvgIpc) is 3.21. The van der Waals surface area contributed by atoms with Gasteiger partial charge in [-0.05, 0) is 56.3 Å². The van der Waals surface area contributed by atoms with Gasteiger partial charge >= 0.3 is 0 Å². The Morgan fingerprint density at radius 1 is 1.15 bits per heavy atom. The van der Waals surface area contributed by atoms with Gasteiger partial charge in [-0.1, -0.05) is 11.6 Å².